The lowest BCUT2D eigenvalue weighted by molar-refractivity contribution is -0.127. The SMILES string of the molecule is COc1cc(N2CCC3(CCN(C(=O)c4ccc(-n5cccn5)cc4)CC3)C2=O)ccc1-c1cn[nH]c1. The molecule has 6 rings (SSSR count). The molecule has 0 bridgehead atoms. The molecule has 37 heavy (non-hydrogen) atoms. The van der Waals surface area contributed by atoms with Gasteiger partial charge in [0, 0.05) is 66.7 Å². The van der Waals surface area contributed by atoms with Crippen LogP contribution in [0.4, 0.5) is 5.69 Å². The normalized spacial score (nSPS) is 16.9. The summed E-state index contributed by atoms with van der Waals surface area (Å²) in [7, 11) is 1.63. The lowest BCUT2D eigenvalue weighted by Gasteiger charge is -2.38. The van der Waals surface area contributed by atoms with Crippen molar-refractivity contribution in [2.75, 3.05) is 31.6 Å². The highest BCUT2D eigenvalue weighted by Gasteiger charge is 2.49. The number of amides is 2. The molecular weight excluding hydrogens is 468 g/mol. The predicted octanol–water partition coefficient (Wildman–Crippen LogP) is 3.93. The van der Waals surface area contributed by atoms with E-state index in [2.05, 4.69) is 15.3 Å². The Morgan fingerprint density at radius 1 is 1.03 bits per heavy atom. The predicted molar refractivity (Wildman–Crippen MR) is 139 cm³/mol. The molecule has 0 radical (unpaired) electrons. The van der Waals surface area contributed by atoms with E-state index in [0.717, 1.165) is 28.9 Å². The molecule has 1 spiro atoms. The topological polar surface area (TPSA) is 96.3 Å². The molecular formula is C28H28N6O3. The van der Waals surface area contributed by atoms with E-state index >= 15 is 0 Å². The van der Waals surface area contributed by atoms with Crippen LogP contribution in [0.3, 0.4) is 0 Å². The summed E-state index contributed by atoms with van der Waals surface area (Å²) in [4.78, 5) is 30.5. The second-order valence-corrected chi connectivity index (χ2v) is 9.65. The van der Waals surface area contributed by atoms with Crippen molar-refractivity contribution in [1.29, 1.82) is 0 Å². The third kappa shape index (κ3) is 4.06. The summed E-state index contributed by atoms with van der Waals surface area (Å²) in [6.07, 6.45) is 9.28. The van der Waals surface area contributed by atoms with Gasteiger partial charge in [0.1, 0.15) is 5.75 Å². The van der Waals surface area contributed by atoms with Crippen molar-refractivity contribution in [3.8, 4) is 22.6 Å². The highest BCUT2D eigenvalue weighted by molar-refractivity contribution is 6.01. The number of hydrogen-bond donors (Lipinski definition) is 1. The molecule has 2 saturated heterocycles. The first kappa shape index (κ1) is 23.0. The van der Waals surface area contributed by atoms with E-state index in [-0.39, 0.29) is 11.8 Å². The van der Waals surface area contributed by atoms with Crippen LogP contribution >= 0.6 is 0 Å². The molecule has 0 aliphatic carbocycles. The Morgan fingerprint density at radius 3 is 2.46 bits per heavy atom. The second-order valence-electron chi connectivity index (χ2n) is 9.65. The van der Waals surface area contributed by atoms with Crippen molar-refractivity contribution in [1.82, 2.24) is 24.9 Å². The van der Waals surface area contributed by atoms with E-state index < -0.39 is 5.41 Å². The van der Waals surface area contributed by atoms with Crippen LogP contribution < -0.4 is 9.64 Å². The van der Waals surface area contributed by atoms with E-state index in [0.29, 0.717) is 43.8 Å². The zero-order valence-corrected chi connectivity index (χ0v) is 20.6. The van der Waals surface area contributed by atoms with Crippen LogP contribution in [0, 0.1) is 5.41 Å². The van der Waals surface area contributed by atoms with Crippen LogP contribution in [0.1, 0.15) is 29.6 Å². The average Bonchev–Trinajstić information content (AvgIpc) is 3.72. The van der Waals surface area contributed by atoms with Gasteiger partial charge < -0.3 is 14.5 Å². The van der Waals surface area contributed by atoms with Crippen molar-refractivity contribution in [2.24, 2.45) is 5.41 Å². The number of methoxy groups -OCH3 is 1. The molecule has 2 aromatic carbocycles. The monoisotopic (exact) mass is 496 g/mol. The van der Waals surface area contributed by atoms with Gasteiger partial charge in [0.2, 0.25) is 5.91 Å². The third-order valence-corrected chi connectivity index (χ3v) is 7.71. The highest BCUT2D eigenvalue weighted by Crippen LogP contribution is 2.44. The van der Waals surface area contributed by atoms with Crippen LogP contribution in [0.2, 0.25) is 0 Å². The molecule has 0 atom stereocenters. The molecule has 0 unspecified atom stereocenters. The van der Waals surface area contributed by atoms with Gasteiger partial charge in [-0.25, -0.2) is 4.68 Å². The number of hydrogen-bond acceptors (Lipinski definition) is 5. The fourth-order valence-electron chi connectivity index (χ4n) is 5.51. The molecule has 2 aliphatic rings. The number of benzene rings is 2. The largest absolute Gasteiger partial charge is 0.496 e. The molecule has 1 N–H and O–H groups in total. The maximum absolute atomic E-state index is 13.7. The lowest BCUT2D eigenvalue weighted by Crippen LogP contribution is -2.46. The van der Waals surface area contributed by atoms with Gasteiger partial charge in [0.15, 0.2) is 0 Å². The molecule has 4 heterocycles. The number of piperidine rings is 1. The molecule has 4 aromatic rings. The van der Waals surface area contributed by atoms with Gasteiger partial charge in [0.05, 0.1) is 24.4 Å². The molecule has 2 aromatic heterocycles. The fourth-order valence-corrected chi connectivity index (χ4v) is 5.51. The Labute approximate surface area is 214 Å². The van der Waals surface area contributed by atoms with Crippen LogP contribution in [0.25, 0.3) is 16.8 Å². The summed E-state index contributed by atoms with van der Waals surface area (Å²) in [5, 5.41) is 11.1. The number of likely N-dealkylation sites (tertiary alicyclic amines) is 1. The number of nitrogens with one attached hydrogen (secondary N) is 1. The standard InChI is InChI=1S/C28H28N6O3/c1-37-25-17-23(7-8-24(25)21-18-29-30-19-21)33-16-11-28(27(33)36)9-14-32(15-10-28)26(35)20-3-5-22(6-4-20)34-13-2-12-31-34/h2-8,12-13,17-19H,9-11,14-16H2,1H3,(H,29,30). The smallest absolute Gasteiger partial charge is 0.253 e. The van der Waals surface area contributed by atoms with Crippen molar-refractivity contribution in [2.45, 2.75) is 19.3 Å². The minimum Gasteiger partial charge on any atom is -0.496 e. The second kappa shape index (κ2) is 9.24. The molecule has 2 aliphatic heterocycles. The minimum absolute atomic E-state index is 0.00346. The maximum Gasteiger partial charge on any atom is 0.253 e. The molecule has 0 saturated carbocycles. The number of anilines is 1. The van der Waals surface area contributed by atoms with Gasteiger partial charge in [-0.05, 0) is 61.7 Å². The van der Waals surface area contributed by atoms with Crippen molar-refractivity contribution >= 4 is 17.5 Å². The van der Waals surface area contributed by atoms with E-state index in [1.54, 1.807) is 24.2 Å². The summed E-state index contributed by atoms with van der Waals surface area (Å²) >= 11 is 0. The number of carbonyl (C=O) groups is 2. The Hall–Kier alpha value is -4.40. The Morgan fingerprint density at radius 2 is 1.78 bits per heavy atom. The van der Waals surface area contributed by atoms with Gasteiger partial charge in [-0.3, -0.25) is 14.7 Å². The van der Waals surface area contributed by atoms with Crippen molar-refractivity contribution in [3.05, 3.63) is 78.9 Å². The van der Waals surface area contributed by atoms with Crippen molar-refractivity contribution < 1.29 is 14.3 Å². The van der Waals surface area contributed by atoms with Gasteiger partial charge in [-0.1, -0.05) is 0 Å². The molecule has 2 fully saturated rings. The summed E-state index contributed by atoms with van der Waals surface area (Å²) in [6.45, 7) is 1.81. The first-order valence-corrected chi connectivity index (χ1v) is 12.5. The van der Waals surface area contributed by atoms with Gasteiger partial charge >= 0.3 is 0 Å². The molecule has 2 amide bonds. The first-order chi connectivity index (χ1) is 18.1. The van der Waals surface area contributed by atoms with Crippen LogP contribution in [-0.2, 0) is 4.79 Å². The zero-order valence-electron chi connectivity index (χ0n) is 20.6. The zero-order chi connectivity index (χ0) is 25.4. The van der Waals surface area contributed by atoms with Gasteiger partial charge in [-0.15, -0.1) is 0 Å². The average molecular weight is 497 g/mol. The maximum atomic E-state index is 13.7. The number of ether oxygens (including phenoxy) is 1. The molecule has 188 valence electrons. The number of carbonyl (C=O) groups excluding carboxylic acids is 2. The summed E-state index contributed by atoms with van der Waals surface area (Å²) in [6, 6.07) is 15.2. The minimum atomic E-state index is -0.419. The number of aromatic nitrogens is 4. The number of aromatic amines is 1. The van der Waals surface area contributed by atoms with Gasteiger partial charge in [-0.2, -0.15) is 10.2 Å². The summed E-state index contributed by atoms with van der Waals surface area (Å²) in [5.74, 6) is 0.844. The van der Waals surface area contributed by atoms with E-state index in [9.17, 15) is 9.59 Å². The van der Waals surface area contributed by atoms with Crippen LogP contribution in [0.5, 0.6) is 5.75 Å². The molecule has 9 heteroatoms. The number of nitrogens with zero attached hydrogens (tertiary/aromatic N) is 5. The number of rotatable bonds is 5. The Kier molecular flexibility index (Phi) is 5.75. The Balaban J connectivity index is 1.13. The number of H-pyrrole nitrogens is 1. The van der Waals surface area contributed by atoms with E-state index in [4.69, 9.17) is 4.74 Å². The van der Waals surface area contributed by atoms with Gasteiger partial charge in [0.25, 0.3) is 5.91 Å². The quantitative estimate of drug-likeness (QED) is 0.452. The Bertz CT molecular complexity index is 1400. The third-order valence-electron chi connectivity index (χ3n) is 7.71. The van der Waals surface area contributed by atoms with Crippen molar-refractivity contribution in [3.63, 3.8) is 0 Å². The first-order valence-electron chi connectivity index (χ1n) is 12.5. The lowest BCUT2D eigenvalue weighted by atomic mass is 9.77. The van der Waals surface area contributed by atoms with Crippen LogP contribution in [-0.4, -0.2) is 63.4 Å². The highest BCUT2D eigenvalue weighted by atomic mass is 16.5. The summed E-state index contributed by atoms with van der Waals surface area (Å²) in [5.41, 5.74) is 3.83. The molecule has 9 nitrogen and oxygen atoms in total. The van der Waals surface area contributed by atoms with Crippen LogP contribution in [0.15, 0.2) is 73.3 Å². The summed E-state index contributed by atoms with van der Waals surface area (Å²) < 4.78 is 7.38. The van der Waals surface area contributed by atoms with E-state index in [1.807, 2.05) is 70.7 Å². The van der Waals surface area contributed by atoms with E-state index in [1.165, 1.54) is 0 Å². The fraction of sp³-hybridized carbons (Fsp3) is 0.286.